The van der Waals surface area contributed by atoms with Crippen molar-refractivity contribution in [2.75, 3.05) is 19.5 Å². The Hall–Kier alpha value is -1.42. The van der Waals surface area contributed by atoms with E-state index in [9.17, 15) is 0 Å². The van der Waals surface area contributed by atoms with Gasteiger partial charge in [-0.05, 0) is 38.3 Å². The van der Waals surface area contributed by atoms with Crippen molar-refractivity contribution in [3.05, 3.63) is 18.2 Å². The molecule has 1 aliphatic rings. The normalized spacial score (nSPS) is 23.1. The molecule has 0 amide bonds. The van der Waals surface area contributed by atoms with Gasteiger partial charge in [0.25, 0.3) is 0 Å². The molecular formula is C15H23NO3. The Bertz CT molecular complexity index is 408. The highest BCUT2D eigenvalue weighted by Gasteiger charge is 2.23. The fourth-order valence-corrected chi connectivity index (χ4v) is 2.48. The summed E-state index contributed by atoms with van der Waals surface area (Å²) in [6, 6.07) is 5.60. The topological polar surface area (TPSA) is 53.7 Å². The fourth-order valence-electron chi connectivity index (χ4n) is 2.48. The van der Waals surface area contributed by atoms with Gasteiger partial charge < -0.3 is 19.9 Å². The van der Waals surface area contributed by atoms with E-state index in [0.717, 1.165) is 31.4 Å². The van der Waals surface area contributed by atoms with Gasteiger partial charge >= 0.3 is 0 Å². The number of nitrogens with two attached hydrogens (primary N) is 1. The average Bonchev–Trinajstić information content (AvgIpc) is 2.43. The zero-order valence-electron chi connectivity index (χ0n) is 11.7. The number of rotatable bonds is 5. The molecule has 2 N–H and O–H groups in total. The van der Waals surface area contributed by atoms with Crippen LogP contribution in [0.1, 0.15) is 32.6 Å². The average molecular weight is 265 g/mol. The van der Waals surface area contributed by atoms with Crippen molar-refractivity contribution >= 4 is 5.69 Å². The second kappa shape index (κ2) is 6.66. The van der Waals surface area contributed by atoms with Crippen LogP contribution in [0.3, 0.4) is 0 Å². The van der Waals surface area contributed by atoms with Crippen molar-refractivity contribution in [3.63, 3.8) is 0 Å². The zero-order chi connectivity index (χ0) is 13.7. The summed E-state index contributed by atoms with van der Waals surface area (Å²) in [6.45, 7) is 2.54. The lowest BCUT2D eigenvalue weighted by atomic mass is 9.95. The Kier molecular flexibility index (Phi) is 4.91. The summed E-state index contributed by atoms with van der Waals surface area (Å²) < 4.78 is 16.9. The minimum Gasteiger partial charge on any atom is -0.492 e. The van der Waals surface area contributed by atoms with E-state index in [2.05, 4.69) is 0 Å². The molecule has 0 aromatic heterocycles. The van der Waals surface area contributed by atoms with Gasteiger partial charge in [0.15, 0.2) is 0 Å². The van der Waals surface area contributed by atoms with Crippen LogP contribution in [0.2, 0.25) is 0 Å². The Morgan fingerprint density at radius 2 is 2.05 bits per heavy atom. The van der Waals surface area contributed by atoms with E-state index in [-0.39, 0.29) is 6.10 Å². The van der Waals surface area contributed by atoms with Crippen molar-refractivity contribution in [2.24, 2.45) is 0 Å². The van der Waals surface area contributed by atoms with Crippen LogP contribution < -0.4 is 15.2 Å². The van der Waals surface area contributed by atoms with Crippen molar-refractivity contribution < 1.29 is 14.2 Å². The summed E-state index contributed by atoms with van der Waals surface area (Å²) in [4.78, 5) is 0. The van der Waals surface area contributed by atoms with Gasteiger partial charge in [0, 0.05) is 19.6 Å². The van der Waals surface area contributed by atoms with E-state index in [1.165, 1.54) is 0 Å². The van der Waals surface area contributed by atoms with E-state index in [1.54, 1.807) is 7.11 Å². The lowest BCUT2D eigenvalue weighted by molar-refractivity contribution is 0.0209. The molecule has 1 aromatic carbocycles. The Morgan fingerprint density at radius 3 is 2.79 bits per heavy atom. The summed E-state index contributed by atoms with van der Waals surface area (Å²) in [5.74, 6) is 1.51. The van der Waals surface area contributed by atoms with Gasteiger partial charge in [-0.1, -0.05) is 0 Å². The van der Waals surface area contributed by atoms with E-state index in [4.69, 9.17) is 19.9 Å². The van der Waals surface area contributed by atoms with Gasteiger partial charge in [0.05, 0.1) is 18.4 Å². The quantitative estimate of drug-likeness (QED) is 0.831. The first kappa shape index (κ1) is 14.0. The fraction of sp³-hybridized carbons (Fsp3) is 0.600. The zero-order valence-corrected chi connectivity index (χ0v) is 11.7. The van der Waals surface area contributed by atoms with Gasteiger partial charge in [-0.15, -0.1) is 0 Å². The summed E-state index contributed by atoms with van der Waals surface area (Å²) in [6.07, 6.45) is 4.84. The highest BCUT2D eigenvalue weighted by atomic mass is 16.5. The molecule has 2 atom stereocenters. The molecule has 1 aliphatic carbocycles. The molecule has 2 rings (SSSR count). The first-order valence-corrected chi connectivity index (χ1v) is 6.94. The lowest BCUT2D eigenvalue weighted by Gasteiger charge is -2.28. The Balaban J connectivity index is 2.00. The van der Waals surface area contributed by atoms with Gasteiger partial charge in [-0.3, -0.25) is 0 Å². The number of nitrogen functional groups attached to an aromatic ring is 1. The van der Waals surface area contributed by atoms with Gasteiger partial charge in [-0.2, -0.15) is 0 Å². The molecule has 4 heteroatoms. The lowest BCUT2D eigenvalue weighted by Crippen LogP contribution is -2.29. The molecule has 1 aromatic rings. The van der Waals surface area contributed by atoms with Crippen LogP contribution in [0.25, 0.3) is 0 Å². The van der Waals surface area contributed by atoms with Crippen LogP contribution in [-0.2, 0) is 4.74 Å². The van der Waals surface area contributed by atoms with E-state index < -0.39 is 0 Å². The van der Waals surface area contributed by atoms with E-state index >= 15 is 0 Å². The molecule has 4 nitrogen and oxygen atoms in total. The van der Waals surface area contributed by atoms with E-state index in [1.807, 2.05) is 25.1 Å². The Morgan fingerprint density at radius 1 is 1.26 bits per heavy atom. The van der Waals surface area contributed by atoms with Crippen molar-refractivity contribution in [2.45, 2.75) is 44.8 Å². The standard InChI is InChI=1S/C15H23NO3/c1-3-18-15-10-13(7-8-14(15)16)19-12-6-4-5-11(9-12)17-2/h7-8,10-12H,3-6,9,16H2,1-2H3. The second-order valence-corrected chi connectivity index (χ2v) is 4.90. The smallest absolute Gasteiger partial charge is 0.145 e. The number of hydrogen-bond acceptors (Lipinski definition) is 4. The van der Waals surface area contributed by atoms with Crippen LogP contribution in [0.15, 0.2) is 18.2 Å². The first-order valence-electron chi connectivity index (χ1n) is 6.94. The molecule has 1 fully saturated rings. The van der Waals surface area contributed by atoms with Crippen molar-refractivity contribution in [3.8, 4) is 11.5 Å². The molecule has 1 saturated carbocycles. The summed E-state index contributed by atoms with van der Waals surface area (Å²) in [5.41, 5.74) is 6.50. The maximum Gasteiger partial charge on any atom is 0.145 e. The van der Waals surface area contributed by atoms with E-state index in [0.29, 0.717) is 24.1 Å². The molecule has 0 aliphatic heterocycles. The maximum absolute atomic E-state index is 6.01. The van der Waals surface area contributed by atoms with Crippen molar-refractivity contribution in [1.29, 1.82) is 0 Å². The molecule has 19 heavy (non-hydrogen) atoms. The number of anilines is 1. The van der Waals surface area contributed by atoms with Crippen LogP contribution in [0.5, 0.6) is 11.5 Å². The predicted molar refractivity (Wildman–Crippen MR) is 75.7 cm³/mol. The number of benzene rings is 1. The van der Waals surface area contributed by atoms with Crippen LogP contribution in [0, 0.1) is 0 Å². The molecule has 0 radical (unpaired) electrons. The molecule has 106 valence electrons. The molecule has 0 heterocycles. The molecule has 2 unspecified atom stereocenters. The third-order valence-electron chi connectivity index (χ3n) is 3.50. The Labute approximate surface area is 114 Å². The first-order chi connectivity index (χ1) is 9.22. The summed E-state index contributed by atoms with van der Waals surface area (Å²) in [5, 5.41) is 0. The maximum atomic E-state index is 6.01. The third-order valence-corrected chi connectivity index (χ3v) is 3.50. The van der Waals surface area contributed by atoms with Gasteiger partial charge in [0.2, 0.25) is 0 Å². The number of ether oxygens (including phenoxy) is 3. The minimum atomic E-state index is 0.219. The number of hydrogen-bond donors (Lipinski definition) is 1. The summed E-state index contributed by atoms with van der Waals surface area (Å²) >= 11 is 0. The highest BCUT2D eigenvalue weighted by molar-refractivity contribution is 5.55. The van der Waals surface area contributed by atoms with Crippen LogP contribution in [0.4, 0.5) is 5.69 Å². The number of methoxy groups -OCH3 is 1. The largest absolute Gasteiger partial charge is 0.492 e. The van der Waals surface area contributed by atoms with Gasteiger partial charge in [-0.25, -0.2) is 0 Å². The molecule has 0 bridgehead atoms. The summed E-state index contributed by atoms with van der Waals surface area (Å²) in [7, 11) is 1.77. The third kappa shape index (κ3) is 3.77. The monoisotopic (exact) mass is 265 g/mol. The molecular weight excluding hydrogens is 242 g/mol. The van der Waals surface area contributed by atoms with Crippen LogP contribution in [-0.4, -0.2) is 25.9 Å². The SMILES string of the molecule is CCOc1cc(OC2CCCC(OC)C2)ccc1N. The highest BCUT2D eigenvalue weighted by Crippen LogP contribution is 2.30. The van der Waals surface area contributed by atoms with Gasteiger partial charge in [0.1, 0.15) is 17.6 Å². The van der Waals surface area contributed by atoms with Crippen LogP contribution >= 0.6 is 0 Å². The molecule has 0 saturated heterocycles. The second-order valence-electron chi connectivity index (χ2n) is 4.90. The minimum absolute atomic E-state index is 0.219. The van der Waals surface area contributed by atoms with Crippen molar-refractivity contribution in [1.82, 2.24) is 0 Å². The molecule has 0 spiro atoms. The predicted octanol–water partition coefficient (Wildman–Crippen LogP) is 3.00.